The highest BCUT2D eigenvalue weighted by Crippen LogP contribution is 2.32. The van der Waals surface area contributed by atoms with E-state index in [9.17, 15) is 35.1 Å². The van der Waals surface area contributed by atoms with Gasteiger partial charge in [-0.15, -0.1) is 0 Å². The number of allylic oxidation sites excluding steroid dienone is 1. The van der Waals surface area contributed by atoms with Crippen LogP contribution in [-0.2, 0) is 9.47 Å². The van der Waals surface area contributed by atoms with E-state index in [0.29, 0.717) is 5.56 Å². The molecule has 2 aromatic rings. The van der Waals surface area contributed by atoms with Crippen LogP contribution in [0.4, 0.5) is 0 Å². The second-order valence-electron chi connectivity index (χ2n) is 7.35. The van der Waals surface area contributed by atoms with E-state index in [-0.39, 0.29) is 11.1 Å². The van der Waals surface area contributed by atoms with E-state index in [4.69, 9.17) is 9.47 Å². The monoisotopic (exact) mass is 444 g/mol. The van der Waals surface area contributed by atoms with Crippen LogP contribution in [0.15, 0.2) is 60.7 Å². The Labute approximate surface area is 183 Å². The first-order valence-electron chi connectivity index (χ1n) is 9.84. The number of rotatable bonds is 6. The normalized spacial score (nSPS) is 25.9. The zero-order chi connectivity index (χ0) is 23.5. The lowest BCUT2D eigenvalue weighted by molar-refractivity contribution is -0.383. The van der Waals surface area contributed by atoms with Crippen molar-refractivity contribution in [1.82, 2.24) is 0 Å². The molecule has 2 aromatic carbocycles. The maximum atomic E-state index is 12.8. The number of esters is 1. The predicted molar refractivity (Wildman–Crippen MR) is 111 cm³/mol. The molecule has 1 unspecified atom stereocenters. The smallest absolute Gasteiger partial charge is 0.340 e. The van der Waals surface area contributed by atoms with Crippen molar-refractivity contribution in [2.24, 2.45) is 0 Å². The Balaban J connectivity index is 1.84. The van der Waals surface area contributed by atoms with Crippen molar-refractivity contribution < 1.29 is 44.6 Å². The molecule has 0 amide bonds. The van der Waals surface area contributed by atoms with Crippen molar-refractivity contribution >= 4 is 17.8 Å². The molecule has 1 heterocycles. The molecule has 0 aromatic heterocycles. The standard InChI is InChI=1S/C23H24O9/c1-2-7-13-8-6-11-15(12-13)16(24)17(25)20-23(29,30)19(27)18(26)22(31-20)32-21(28)14-9-4-3-5-10-14/h2-12,17-20,22,25-27,29-30H,1H3/b7-2+/t17?,18-,19-,20-,22+/m1/s1. The predicted octanol–water partition coefficient (Wildman–Crippen LogP) is 0.248. The number of carbonyl (C=O) groups is 2. The molecule has 0 spiro atoms. The van der Waals surface area contributed by atoms with Crippen LogP contribution in [0.25, 0.3) is 6.08 Å². The summed E-state index contributed by atoms with van der Waals surface area (Å²) in [5.41, 5.74) is 0.821. The summed E-state index contributed by atoms with van der Waals surface area (Å²) in [5.74, 6) is -5.07. The Morgan fingerprint density at radius 2 is 1.72 bits per heavy atom. The number of ketones is 1. The topological polar surface area (TPSA) is 154 Å². The SMILES string of the molecule is C/C=C/c1cccc(C(=O)C(O)[C@H]2O[C@@H](OC(=O)c3ccccc3)[C@H](O)[C@@H](O)C2(O)O)c1. The molecule has 0 saturated carbocycles. The van der Waals surface area contributed by atoms with Gasteiger partial charge in [0.25, 0.3) is 0 Å². The fraction of sp³-hybridized carbons (Fsp3) is 0.304. The van der Waals surface area contributed by atoms with Crippen LogP contribution in [0.1, 0.15) is 33.2 Å². The van der Waals surface area contributed by atoms with E-state index in [1.165, 1.54) is 24.3 Å². The van der Waals surface area contributed by atoms with Crippen LogP contribution in [0.5, 0.6) is 0 Å². The minimum absolute atomic E-state index is 0.0472. The number of hydrogen-bond acceptors (Lipinski definition) is 9. The summed E-state index contributed by atoms with van der Waals surface area (Å²) in [7, 11) is 0. The summed E-state index contributed by atoms with van der Waals surface area (Å²) in [6.45, 7) is 1.79. The molecule has 1 aliphatic rings. The van der Waals surface area contributed by atoms with E-state index < -0.39 is 48.2 Å². The number of carbonyl (C=O) groups excluding carboxylic acids is 2. The largest absolute Gasteiger partial charge is 0.429 e. The third-order valence-corrected chi connectivity index (χ3v) is 5.06. The molecule has 5 atom stereocenters. The quantitative estimate of drug-likeness (QED) is 0.240. The highest BCUT2D eigenvalue weighted by molar-refractivity contribution is 6.00. The third-order valence-electron chi connectivity index (χ3n) is 5.06. The number of aliphatic hydroxyl groups is 5. The molecule has 0 bridgehead atoms. The van der Waals surface area contributed by atoms with Gasteiger partial charge >= 0.3 is 5.97 Å². The molecule has 1 saturated heterocycles. The summed E-state index contributed by atoms with van der Waals surface area (Å²) >= 11 is 0. The van der Waals surface area contributed by atoms with Gasteiger partial charge in [-0.25, -0.2) is 4.79 Å². The molecule has 170 valence electrons. The second kappa shape index (κ2) is 9.70. The van der Waals surface area contributed by atoms with Gasteiger partial charge in [0.1, 0.15) is 18.3 Å². The summed E-state index contributed by atoms with van der Waals surface area (Å²) < 4.78 is 10.3. The number of ether oxygens (including phenoxy) is 2. The fourth-order valence-electron chi connectivity index (χ4n) is 3.34. The molecule has 9 nitrogen and oxygen atoms in total. The van der Waals surface area contributed by atoms with Gasteiger partial charge in [0.2, 0.25) is 12.1 Å². The van der Waals surface area contributed by atoms with Crippen LogP contribution < -0.4 is 0 Å². The molecule has 9 heteroatoms. The van der Waals surface area contributed by atoms with E-state index in [0.717, 1.165) is 0 Å². The molecule has 1 aliphatic heterocycles. The minimum Gasteiger partial charge on any atom is -0.429 e. The van der Waals surface area contributed by atoms with Crippen LogP contribution in [0.3, 0.4) is 0 Å². The average molecular weight is 444 g/mol. The third kappa shape index (κ3) is 4.78. The van der Waals surface area contributed by atoms with Crippen LogP contribution >= 0.6 is 0 Å². The summed E-state index contributed by atoms with van der Waals surface area (Å²) in [5, 5.41) is 51.6. The van der Waals surface area contributed by atoms with E-state index in [2.05, 4.69) is 0 Å². The Morgan fingerprint density at radius 3 is 2.38 bits per heavy atom. The Kier molecular flexibility index (Phi) is 7.19. The Bertz CT molecular complexity index is 986. The lowest BCUT2D eigenvalue weighted by Gasteiger charge is -2.45. The van der Waals surface area contributed by atoms with Gasteiger partial charge in [-0.1, -0.05) is 48.6 Å². The first-order valence-corrected chi connectivity index (χ1v) is 9.84. The van der Waals surface area contributed by atoms with Crippen molar-refractivity contribution in [3.8, 4) is 0 Å². The minimum atomic E-state index is -3.22. The van der Waals surface area contributed by atoms with Crippen molar-refractivity contribution in [2.45, 2.75) is 43.4 Å². The van der Waals surface area contributed by atoms with Gasteiger partial charge in [0.05, 0.1) is 5.56 Å². The Hall–Kier alpha value is -2.92. The van der Waals surface area contributed by atoms with Gasteiger partial charge in [0.15, 0.2) is 11.9 Å². The van der Waals surface area contributed by atoms with Gasteiger partial charge in [0, 0.05) is 5.56 Å². The number of benzene rings is 2. The fourth-order valence-corrected chi connectivity index (χ4v) is 3.34. The average Bonchev–Trinajstić information content (AvgIpc) is 2.79. The second-order valence-corrected chi connectivity index (χ2v) is 7.35. The lowest BCUT2D eigenvalue weighted by atomic mass is 9.88. The summed E-state index contributed by atoms with van der Waals surface area (Å²) in [6, 6.07) is 13.9. The molecule has 5 N–H and O–H groups in total. The van der Waals surface area contributed by atoms with Crippen molar-refractivity contribution in [3.05, 3.63) is 77.4 Å². The summed E-state index contributed by atoms with van der Waals surface area (Å²) in [6.07, 6.45) is -7.08. The highest BCUT2D eigenvalue weighted by atomic mass is 16.7. The molecular weight excluding hydrogens is 420 g/mol. The number of aliphatic hydroxyl groups excluding tert-OH is 3. The first kappa shape index (κ1) is 23.7. The van der Waals surface area contributed by atoms with Crippen LogP contribution in [0.2, 0.25) is 0 Å². The molecule has 3 rings (SSSR count). The van der Waals surface area contributed by atoms with E-state index in [1.807, 2.05) is 0 Å². The van der Waals surface area contributed by atoms with Gasteiger partial charge in [-0.3, -0.25) is 4.79 Å². The van der Waals surface area contributed by atoms with E-state index in [1.54, 1.807) is 49.4 Å². The lowest BCUT2D eigenvalue weighted by Crippen LogP contribution is -2.70. The van der Waals surface area contributed by atoms with Gasteiger partial charge in [-0.2, -0.15) is 0 Å². The van der Waals surface area contributed by atoms with Gasteiger partial charge < -0.3 is 35.0 Å². The number of hydrogen-bond donors (Lipinski definition) is 5. The van der Waals surface area contributed by atoms with Crippen molar-refractivity contribution in [1.29, 1.82) is 0 Å². The molecule has 0 radical (unpaired) electrons. The van der Waals surface area contributed by atoms with Crippen LogP contribution in [0, 0.1) is 0 Å². The maximum absolute atomic E-state index is 12.8. The molecule has 32 heavy (non-hydrogen) atoms. The van der Waals surface area contributed by atoms with Crippen molar-refractivity contribution in [3.63, 3.8) is 0 Å². The first-order chi connectivity index (χ1) is 15.2. The van der Waals surface area contributed by atoms with Crippen molar-refractivity contribution in [2.75, 3.05) is 0 Å². The molecule has 0 aliphatic carbocycles. The highest BCUT2D eigenvalue weighted by Gasteiger charge is 2.58. The van der Waals surface area contributed by atoms with Crippen LogP contribution in [-0.4, -0.2) is 73.8 Å². The zero-order valence-corrected chi connectivity index (χ0v) is 17.1. The van der Waals surface area contributed by atoms with E-state index >= 15 is 0 Å². The molecule has 1 fully saturated rings. The Morgan fingerprint density at radius 1 is 1.06 bits per heavy atom. The molecular formula is C23H24O9. The maximum Gasteiger partial charge on any atom is 0.340 e. The summed E-state index contributed by atoms with van der Waals surface area (Å²) in [4.78, 5) is 25.1. The zero-order valence-electron chi connectivity index (χ0n) is 17.1. The van der Waals surface area contributed by atoms with Gasteiger partial charge in [-0.05, 0) is 30.7 Å². The number of Topliss-reactive ketones (excluding diaryl/α,β-unsaturated/α-hetero) is 1.